The molecule has 0 spiro atoms. The van der Waals surface area contributed by atoms with Gasteiger partial charge in [-0.05, 0) is 48.4 Å². The first kappa shape index (κ1) is 18.5. The Morgan fingerprint density at radius 2 is 1.86 bits per heavy atom. The number of aryl methyl sites for hydroxylation is 1. The zero-order chi connectivity index (χ0) is 19.2. The van der Waals surface area contributed by atoms with Crippen molar-refractivity contribution in [2.45, 2.75) is 32.7 Å². The van der Waals surface area contributed by atoms with Gasteiger partial charge in [0.1, 0.15) is 11.6 Å². The summed E-state index contributed by atoms with van der Waals surface area (Å²) in [5.41, 5.74) is 3.40. The molecule has 0 unspecified atom stereocenters. The van der Waals surface area contributed by atoms with E-state index < -0.39 is 0 Å². The molecule has 0 atom stereocenters. The molecule has 0 saturated carbocycles. The van der Waals surface area contributed by atoms with Crippen molar-refractivity contribution in [2.75, 3.05) is 13.2 Å². The van der Waals surface area contributed by atoms with Crippen LogP contribution in [0.3, 0.4) is 0 Å². The van der Waals surface area contributed by atoms with Crippen molar-refractivity contribution in [1.82, 2.24) is 15.3 Å². The quantitative estimate of drug-likeness (QED) is 0.395. The molecule has 4 heteroatoms. The molecule has 0 aliphatic carbocycles. The van der Waals surface area contributed by atoms with E-state index in [1.54, 1.807) is 0 Å². The Bertz CT molecular complexity index is 1020. The summed E-state index contributed by atoms with van der Waals surface area (Å²) < 4.78 is 6.00. The summed E-state index contributed by atoms with van der Waals surface area (Å²) in [6.07, 6.45) is 2.99. The number of aromatic nitrogens is 2. The van der Waals surface area contributed by atoms with E-state index in [0.29, 0.717) is 0 Å². The van der Waals surface area contributed by atoms with Crippen LogP contribution in [0.15, 0.2) is 60.7 Å². The van der Waals surface area contributed by atoms with Crippen molar-refractivity contribution in [3.05, 3.63) is 72.1 Å². The van der Waals surface area contributed by atoms with Crippen LogP contribution in [0, 0.1) is 0 Å². The first-order valence-electron chi connectivity index (χ1n) is 10.1. The highest BCUT2D eigenvalue weighted by molar-refractivity contribution is 5.87. The predicted octanol–water partition coefficient (Wildman–Crippen LogP) is 5.23. The van der Waals surface area contributed by atoms with Crippen LogP contribution in [0.4, 0.5) is 0 Å². The molecule has 4 aromatic rings. The number of rotatable bonds is 9. The minimum Gasteiger partial charge on any atom is -0.493 e. The number of H-pyrrole nitrogens is 1. The monoisotopic (exact) mass is 373 g/mol. The molecule has 3 aromatic carbocycles. The van der Waals surface area contributed by atoms with E-state index in [9.17, 15) is 0 Å². The van der Waals surface area contributed by atoms with Gasteiger partial charge in [0.15, 0.2) is 0 Å². The number of hydrogen-bond donors (Lipinski definition) is 2. The van der Waals surface area contributed by atoms with Crippen molar-refractivity contribution in [1.29, 1.82) is 0 Å². The van der Waals surface area contributed by atoms with Gasteiger partial charge in [-0.15, -0.1) is 0 Å². The summed E-state index contributed by atoms with van der Waals surface area (Å²) in [7, 11) is 0. The molecule has 0 amide bonds. The number of ether oxygens (including phenoxy) is 1. The fraction of sp³-hybridized carbons (Fsp3) is 0.292. The lowest BCUT2D eigenvalue weighted by atomic mass is 10.0. The van der Waals surface area contributed by atoms with Crippen molar-refractivity contribution in [3.63, 3.8) is 0 Å². The summed E-state index contributed by atoms with van der Waals surface area (Å²) in [6, 6.07) is 20.9. The van der Waals surface area contributed by atoms with Crippen LogP contribution in [0.2, 0.25) is 0 Å². The maximum atomic E-state index is 6.00. The lowest BCUT2D eigenvalue weighted by molar-refractivity contribution is 0.314. The molecule has 2 N–H and O–H groups in total. The van der Waals surface area contributed by atoms with E-state index in [1.165, 1.54) is 16.3 Å². The summed E-state index contributed by atoms with van der Waals surface area (Å²) >= 11 is 0. The average Bonchev–Trinajstić information content (AvgIpc) is 3.15. The third kappa shape index (κ3) is 4.18. The van der Waals surface area contributed by atoms with Crippen LogP contribution in [0.1, 0.15) is 31.2 Å². The fourth-order valence-electron chi connectivity index (χ4n) is 3.56. The van der Waals surface area contributed by atoms with Crippen molar-refractivity contribution < 1.29 is 4.74 Å². The number of fused-ring (bicyclic) bond motifs is 2. The minimum absolute atomic E-state index is 0.747. The van der Waals surface area contributed by atoms with Gasteiger partial charge in [-0.25, -0.2) is 4.98 Å². The van der Waals surface area contributed by atoms with Crippen molar-refractivity contribution >= 4 is 21.8 Å². The van der Waals surface area contributed by atoms with E-state index in [4.69, 9.17) is 4.74 Å². The number of nitrogens with zero attached hydrogens (tertiary/aromatic N) is 1. The smallest absolute Gasteiger partial charge is 0.124 e. The van der Waals surface area contributed by atoms with E-state index >= 15 is 0 Å². The molecule has 0 saturated heterocycles. The predicted molar refractivity (Wildman–Crippen MR) is 116 cm³/mol. The lowest BCUT2D eigenvalue weighted by Crippen LogP contribution is -2.16. The third-order valence-corrected chi connectivity index (χ3v) is 4.97. The topological polar surface area (TPSA) is 49.9 Å². The van der Waals surface area contributed by atoms with Gasteiger partial charge in [-0.2, -0.15) is 0 Å². The number of benzene rings is 3. The fourth-order valence-corrected chi connectivity index (χ4v) is 3.56. The highest BCUT2D eigenvalue weighted by atomic mass is 16.5. The number of aromatic amines is 1. The Morgan fingerprint density at radius 1 is 1.00 bits per heavy atom. The minimum atomic E-state index is 0.747. The van der Waals surface area contributed by atoms with Crippen LogP contribution in [-0.2, 0) is 13.0 Å². The molecule has 144 valence electrons. The van der Waals surface area contributed by atoms with Crippen molar-refractivity contribution in [3.8, 4) is 5.75 Å². The van der Waals surface area contributed by atoms with Crippen LogP contribution >= 0.6 is 0 Å². The molecule has 0 aliphatic rings. The Labute approximate surface area is 165 Å². The first-order chi connectivity index (χ1) is 13.8. The Morgan fingerprint density at radius 3 is 2.75 bits per heavy atom. The van der Waals surface area contributed by atoms with Gasteiger partial charge in [0.05, 0.1) is 17.6 Å². The zero-order valence-electron chi connectivity index (χ0n) is 16.4. The largest absolute Gasteiger partial charge is 0.493 e. The SMILES string of the molecule is CCCOc1ccc2ccccc2c1CNCCCc1nc2ccccc2[nH]1. The highest BCUT2D eigenvalue weighted by Crippen LogP contribution is 2.28. The highest BCUT2D eigenvalue weighted by Gasteiger charge is 2.09. The second-order valence-electron chi connectivity index (χ2n) is 7.09. The normalized spacial score (nSPS) is 11.3. The molecule has 0 bridgehead atoms. The molecule has 1 heterocycles. The third-order valence-electron chi connectivity index (χ3n) is 4.97. The standard InChI is InChI=1S/C24H27N3O/c1-2-16-28-23-14-13-18-8-3-4-9-19(18)20(23)17-25-15-7-12-24-26-21-10-5-6-11-22(21)27-24/h3-6,8-11,13-14,25H,2,7,12,15-17H2,1H3,(H,26,27). The molecular formula is C24H27N3O. The van der Waals surface area contributed by atoms with Gasteiger partial charge in [0.2, 0.25) is 0 Å². The molecule has 4 rings (SSSR count). The number of imidazole rings is 1. The summed E-state index contributed by atoms with van der Waals surface area (Å²) in [4.78, 5) is 8.06. The average molecular weight is 374 g/mol. The zero-order valence-corrected chi connectivity index (χ0v) is 16.4. The number of hydrogen-bond acceptors (Lipinski definition) is 3. The molecule has 1 aromatic heterocycles. The van der Waals surface area contributed by atoms with Gasteiger partial charge in [0.25, 0.3) is 0 Å². The Hall–Kier alpha value is -2.85. The van der Waals surface area contributed by atoms with Gasteiger partial charge in [-0.3, -0.25) is 0 Å². The maximum absolute atomic E-state index is 6.00. The Kier molecular flexibility index (Phi) is 5.88. The molecular weight excluding hydrogens is 346 g/mol. The number of para-hydroxylation sites is 2. The van der Waals surface area contributed by atoms with E-state index in [2.05, 4.69) is 64.7 Å². The molecule has 0 radical (unpaired) electrons. The van der Waals surface area contributed by atoms with Crippen molar-refractivity contribution in [2.24, 2.45) is 0 Å². The van der Waals surface area contributed by atoms with Gasteiger partial charge < -0.3 is 15.0 Å². The van der Waals surface area contributed by atoms with Gasteiger partial charge >= 0.3 is 0 Å². The van der Waals surface area contributed by atoms with Gasteiger partial charge in [-0.1, -0.05) is 49.4 Å². The van der Waals surface area contributed by atoms with Crippen LogP contribution in [0.25, 0.3) is 21.8 Å². The van der Waals surface area contributed by atoms with Gasteiger partial charge in [0, 0.05) is 18.5 Å². The number of nitrogens with one attached hydrogen (secondary N) is 2. The summed E-state index contributed by atoms with van der Waals surface area (Å²) in [6.45, 7) is 4.63. The summed E-state index contributed by atoms with van der Waals surface area (Å²) in [5.74, 6) is 2.05. The van der Waals surface area contributed by atoms with E-state index in [1.807, 2.05) is 18.2 Å². The van der Waals surface area contributed by atoms with E-state index in [0.717, 1.165) is 61.6 Å². The molecule has 0 fully saturated rings. The van der Waals surface area contributed by atoms with Crippen LogP contribution in [-0.4, -0.2) is 23.1 Å². The summed E-state index contributed by atoms with van der Waals surface area (Å²) in [5, 5.41) is 6.11. The molecule has 0 aliphatic heterocycles. The maximum Gasteiger partial charge on any atom is 0.124 e. The van der Waals surface area contributed by atoms with E-state index in [-0.39, 0.29) is 0 Å². The second-order valence-corrected chi connectivity index (χ2v) is 7.09. The first-order valence-corrected chi connectivity index (χ1v) is 10.1. The second kappa shape index (κ2) is 8.89. The lowest BCUT2D eigenvalue weighted by Gasteiger charge is -2.14. The van der Waals surface area contributed by atoms with Crippen LogP contribution in [0.5, 0.6) is 5.75 Å². The molecule has 28 heavy (non-hydrogen) atoms. The van der Waals surface area contributed by atoms with Crippen LogP contribution < -0.4 is 10.1 Å². The molecule has 4 nitrogen and oxygen atoms in total. The Balaban J connectivity index is 1.37.